The number of hydrogen-bond donors (Lipinski definition) is 1. The van der Waals surface area contributed by atoms with Crippen molar-refractivity contribution in [3.8, 4) is 11.5 Å². The molecule has 2 aliphatic rings. The number of likely N-dealkylation sites (tertiary alicyclic amines) is 1. The second-order valence-corrected chi connectivity index (χ2v) is 7.60. The third kappa shape index (κ3) is 4.32. The Bertz CT molecular complexity index is 836. The normalized spacial score (nSPS) is 17.5. The number of fused-ring (bicyclic) bond motifs is 1. The van der Waals surface area contributed by atoms with Crippen LogP contribution in [0, 0.1) is 0 Å². The summed E-state index contributed by atoms with van der Waals surface area (Å²) in [5.74, 6) is 1.38. The van der Waals surface area contributed by atoms with Crippen molar-refractivity contribution in [1.29, 1.82) is 0 Å². The highest BCUT2D eigenvalue weighted by Crippen LogP contribution is 2.31. The first-order valence-corrected chi connectivity index (χ1v) is 10.2. The van der Waals surface area contributed by atoms with Crippen molar-refractivity contribution in [2.45, 2.75) is 18.9 Å². The van der Waals surface area contributed by atoms with Gasteiger partial charge in [0.25, 0.3) is 0 Å². The van der Waals surface area contributed by atoms with E-state index in [0.717, 1.165) is 23.7 Å². The average Bonchev–Trinajstić information content (AvgIpc) is 3.26. The molecule has 6 heteroatoms. The molecule has 2 aromatic rings. The summed E-state index contributed by atoms with van der Waals surface area (Å²) in [6.45, 7) is 4.13. The standard InChI is InChI=1S/C22H25ClN2O3/c23-18-6-2-1-5-17(18)19(25-9-3-4-10-25)14-24-15-20(26)16-7-8-21-22(13-16)28-12-11-27-21/h1-2,5-8,13,19,24H,3-4,9-12,14-15H2. The minimum Gasteiger partial charge on any atom is -0.486 e. The van der Waals surface area contributed by atoms with Gasteiger partial charge in [-0.3, -0.25) is 9.69 Å². The molecule has 0 aromatic heterocycles. The first-order chi connectivity index (χ1) is 13.7. The van der Waals surface area contributed by atoms with Crippen LogP contribution < -0.4 is 14.8 Å². The fraction of sp³-hybridized carbons (Fsp3) is 0.409. The number of hydrogen-bond acceptors (Lipinski definition) is 5. The molecule has 4 rings (SSSR count). The van der Waals surface area contributed by atoms with Crippen LogP contribution in [0.25, 0.3) is 0 Å². The van der Waals surface area contributed by atoms with Crippen LogP contribution in [-0.2, 0) is 0 Å². The van der Waals surface area contributed by atoms with Gasteiger partial charge in [0.2, 0.25) is 0 Å². The van der Waals surface area contributed by atoms with Crippen LogP contribution in [0.4, 0.5) is 0 Å². The zero-order valence-corrected chi connectivity index (χ0v) is 16.6. The van der Waals surface area contributed by atoms with Crippen LogP contribution in [-0.4, -0.2) is 50.1 Å². The molecule has 1 atom stereocenters. The molecule has 0 bridgehead atoms. The van der Waals surface area contributed by atoms with E-state index < -0.39 is 0 Å². The van der Waals surface area contributed by atoms with E-state index in [4.69, 9.17) is 21.1 Å². The molecular formula is C22H25ClN2O3. The van der Waals surface area contributed by atoms with Gasteiger partial charge in [0.05, 0.1) is 6.54 Å². The summed E-state index contributed by atoms with van der Waals surface area (Å²) >= 11 is 6.46. The van der Waals surface area contributed by atoms with Crippen molar-refractivity contribution >= 4 is 17.4 Å². The van der Waals surface area contributed by atoms with Gasteiger partial charge >= 0.3 is 0 Å². The molecule has 1 N–H and O–H groups in total. The first kappa shape index (κ1) is 19.2. The van der Waals surface area contributed by atoms with Crippen LogP contribution in [0.3, 0.4) is 0 Å². The minimum absolute atomic E-state index is 0.0382. The number of nitrogens with one attached hydrogen (secondary N) is 1. The lowest BCUT2D eigenvalue weighted by Gasteiger charge is -2.29. The zero-order valence-electron chi connectivity index (χ0n) is 15.8. The molecule has 2 aromatic carbocycles. The molecule has 148 valence electrons. The van der Waals surface area contributed by atoms with E-state index >= 15 is 0 Å². The van der Waals surface area contributed by atoms with Crippen LogP contribution in [0.1, 0.15) is 34.8 Å². The maximum absolute atomic E-state index is 12.6. The molecule has 0 saturated carbocycles. The molecule has 2 aliphatic heterocycles. The lowest BCUT2D eigenvalue weighted by atomic mass is 10.0. The van der Waals surface area contributed by atoms with E-state index in [9.17, 15) is 4.79 Å². The van der Waals surface area contributed by atoms with Crippen molar-refractivity contribution in [2.24, 2.45) is 0 Å². The fourth-order valence-electron chi connectivity index (χ4n) is 3.88. The smallest absolute Gasteiger partial charge is 0.176 e. The van der Waals surface area contributed by atoms with Crippen molar-refractivity contribution < 1.29 is 14.3 Å². The lowest BCUT2D eigenvalue weighted by Crippen LogP contribution is -2.36. The van der Waals surface area contributed by atoms with Crippen LogP contribution in [0.15, 0.2) is 42.5 Å². The first-order valence-electron chi connectivity index (χ1n) is 9.84. The third-order valence-electron chi connectivity index (χ3n) is 5.33. The van der Waals surface area contributed by atoms with E-state index in [2.05, 4.69) is 16.3 Å². The fourth-order valence-corrected chi connectivity index (χ4v) is 4.14. The molecular weight excluding hydrogens is 376 g/mol. The molecule has 0 radical (unpaired) electrons. The number of ether oxygens (including phenoxy) is 2. The van der Waals surface area contributed by atoms with Gasteiger partial charge in [-0.1, -0.05) is 29.8 Å². The number of ketones is 1. The van der Waals surface area contributed by atoms with Crippen LogP contribution in [0.5, 0.6) is 11.5 Å². The van der Waals surface area contributed by atoms with Crippen LogP contribution >= 0.6 is 11.6 Å². The van der Waals surface area contributed by atoms with Crippen molar-refractivity contribution in [2.75, 3.05) is 39.4 Å². The molecule has 1 unspecified atom stereocenters. The van der Waals surface area contributed by atoms with Gasteiger partial charge in [0.1, 0.15) is 13.2 Å². The average molecular weight is 401 g/mol. The minimum atomic E-state index is 0.0382. The van der Waals surface area contributed by atoms with Crippen molar-refractivity contribution in [1.82, 2.24) is 10.2 Å². The van der Waals surface area contributed by atoms with Gasteiger partial charge in [-0.25, -0.2) is 0 Å². The van der Waals surface area contributed by atoms with Crippen molar-refractivity contribution in [3.63, 3.8) is 0 Å². The second-order valence-electron chi connectivity index (χ2n) is 7.19. The zero-order chi connectivity index (χ0) is 19.3. The topological polar surface area (TPSA) is 50.8 Å². The summed E-state index contributed by atoms with van der Waals surface area (Å²) in [7, 11) is 0. The van der Waals surface area contributed by atoms with Gasteiger partial charge < -0.3 is 14.8 Å². The highest BCUT2D eigenvalue weighted by Gasteiger charge is 2.25. The Morgan fingerprint density at radius 3 is 2.61 bits per heavy atom. The van der Waals surface area contributed by atoms with Gasteiger partial charge in [-0.2, -0.15) is 0 Å². The molecule has 0 aliphatic carbocycles. The highest BCUT2D eigenvalue weighted by atomic mass is 35.5. The predicted octanol–water partition coefficient (Wildman–Crippen LogP) is 3.72. The number of nitrogens with zero attached hydrogens (tertiary/aromatic N) is 1. The molecule has 5 nitrogen and oxygen atoms in total. The van der Waals surface area contributed by atoms with E-state index in [1.807, 2.05) is 18.2 Å². The molecule has 28 heavy (non-hydrogen) atoms. The Kier molecular flexibility index (Phi) is 6.15. The molecule has 1 saturated heterocycles. The number of rotatable bonds is 7. The number of halogens is 1. The van der Waals surface area contributed by atoms with E-state index in [1.165, 1.54) is 12.8 Å². The van der Waals surface area contributed by atoms with Gasteiger partial charge in [0.15, 0.2) is 17.3 Å². The van der Waals surface area contributed by atoms with E-state index in [-0.39, 0.29) is 18.4 Å². The second kappa shape index (κ2) is 8.95. The summed E-state index contributed by atoms with van der Waals surface area (Å²) in [6.07, 6.45) is 2.41. The summed E-state index contributed by atoms with van der Waals surface area (Å²) in [4.78, 5) is 15.1. The van der Waals surface area contributed by atoms with Crippen molar-refractivity contribution in [3.05, 3.63) is 58.6 Å². The maximum Gasteiger partial charge on any atom is 0.176 e. The lowest BCUT2D eigenvalue weighted by molar-refractivity contribution is 0.0986. The molecule has 0 spiro atoms. The van der Waals surface area contributed by atoms with E-state index in [1.54, 1.807) is 18.2 Å². The van der Waals surface area contributed by atoms with E-state index in [0.29, 0.717) is 36.8 Å². The highest BCUT2D eigenvalue weighted by molar-refractivity contribution is 6.31. The number of carbonyl (C=O) groups is 1. The largest absolute Gasteiger partial charge is 0.486 e. The predicted molar refractivity (Wildman–Crippen MR) is 110 cm³/mol. The number of Topliss-reactive ketones (excluding diaryl/α,β-unsaturated/α-hetero) is 1. The Hall–Kier alpha value is -2.08. The summed E-state index contributed by atoms with van der Waals surface area (Å²) in [5.41, 5.74) is 1.75. The Morgan fingerprint density at radius 2 is 1.82 bits per heavy atom. The Morgan fingerprint density at radius 1 is 1.07 bits per heavy atom. The Balaban J connectivity index is 1.40. The van der Waals surface area contributed by atoms with Gasteiger partial charge in [0, 0.05) is 23.2 Å². The summed E-state index contributed by atoms with van der Waals surface area (Å²) in [5, 5.41) is 4.12. The monoisotopic (exact) mass is 400 g/mol. The number of benzene rings is 2. The summed E-state index contributed by atoms with van der Waals surface area (Å²) in [6, 6.07) is 13.5. The molecule has 2 heterocycles. The summed E-state index contributed by atoms with van der Waals surface area (Å²) < 4.78 is 11.1. The maximum atomic E-state index is 12.6. The van der Waals surface area contributed by atoms with Gasteiger partial charge in [-0.05, 0) is 55.8 Å². The van der Waals surface area contributed by atoms with Gasteiger partial charge in [-0.15, -0.1) is 0 Å². The quantitative estimate of drug-likeness (QED) is 0.718. The molecule has 0 amide bonds. The SMILES string of the molecule is O=C(CNCC(c1ccccc1Cl)N1CCCC1)c1ccc2c(c1)OCCO2. The molecule has 1 fully saturated rings. The van der Waals surface area contributed by atoms with Crippen LogP contribution in [0.2, 0.25) is 5.02 Å². The Labute approximate surface area is 170 Å². The third-order valence-corrected chi connectivity index (χ3v) is 5.68. The number of carbonyl (C=O) groups excluding carboxylic acids is 1.